The molecule has 0 radical (unpaired) electrons. The summed E-state index contributed by atoms with van der Waals surface area (Å²) in [5, 5.41) is 20.0. The zero-order valence-electron chi connectivity index (χ0n) is 9.90. The molecule has 1 atom stereocenters. The molecule has 15 heavy (non-hydrogen) atoms. The van der Waals surface area contributed by atoms with E-state index < -0.39 is 12.1 Å². The van der Waals surface area contributed by atoms with Gasteiger partial charge in [-0.2, -0.15) is 0 Å². The molecule has 0 aliphatic heterocycles. The number of carbonyl (C=O) groups is 1. The van der Waals surface area contributed by atoms with Crippen LogP contribution in [-0.4, -0.2) is 61.6 Å². The normalized spacial score (nSPS) is 14.3. The fourth-order valence-electron chi connectivity index (χ4n) is 1.34. The second-order valence-electron chi connectivity index (χ2n) is 4.68. The Morgan fingerprint density at radius 1 is 1.47 bits per heavy atom. The van der Waals surface area contributed by atoms with Gasteiger partial charge in [-0.15, -0.1) is 0 Å². The van der Waals surface area contributed by atoms with Gasteiger partial charge in [0, 0.05) is 0 Å². The van der Waals surface area contributed by atoms with Gasteiger partial charge in [0.1, 0.15) is 19.2 Å². The topological polar surface area (TPSA) is 69.6 Å². The minimum Gasteiger partial charge on any atom is -0.544 e. The molecule has 0 amide bonds. The minimum absolute atomic E-state index is 0.0661. The van der Waals surface area contributed by atoms with Gasteiger partial charge in [0.05, 0.1) is 32.8 Å². The fraction of sp³-hybridized carbons (Fsp3) is 0.900. The van der Waals surface area contributed by atoms with Crippen LogP contribution >= 0.6 is 0 Å². The molecular weight excluding hydrogens is 198 g/mol. The van der Waals surface area contributed by atoms with Crippen LogP contribution in [-0.2, 0) is 9.53 Å². The van der Waals surface area contributed by atoms with Gasteiger partial charge >= 0.3 is 0 Å². The highest BCUT2D eigenvalue weighted by Crippen LogP contribution is 2.01. The van der Waals surface area contributed by atoms with Gasteiger partial charge in [-0.3, -0.25) is 0 Å². The molecule has 1 unspecified atom stereocenters. The molecule has 0 aromatic carbocycles. The van der Waals surface area contributed by atoms with Crippen molar-refractivity contribution in [2.45, 2.75) is 26.1 Å². The van der Waals surface area contributed by atoms with Crippen molar-refractivity contribution >= 4 is 5.97 Å². The Bertz CT molecular complexity index is 204. The average Bonchev–Trinajstić information content (AvgIpc) is 1.96. The number of nitrogens with zero attached hydrogens (tertiary/aromatic N) is 1. The van der Waals surface area contributed by atoms with Crippen molar-refractivity contribution in [3.8, 4) is 0 Å². The SMILES string of the molecule is CC(C)OCC(O)C[N+](C)(C)CC(=O)[O-]. The number of aliphatic hydroxyl groups excluding tert-OH is 1. The van der Waals surface area contributed by atoms with Crippen molar-refractivity contribution in [2.24, 2.45) is 0 Å². The third-order valence-electron chi connectivity index (χ3n) is 1.88. The van der Waals surface area contributed by atoms with Crippen molar-refractivity contribution in [3.63, 3.8) is 0 Å². The predicted octanol–water partition coefficient (Wildman–Crippen LogP) is -1.40. The Hall–Kier alpha value is -0.650. The molecule has 0 fully saturated rings. The summed E-state index contributed by atoms with van der Waals surface area (Å²) in [5.41, 5.74) is 0. The van der Waals surface area contributed by atoms with Gasteiger partial charge in [0.25, 0.3) is 0 Å². The fourth-order valence-corrected chi connectivity index (χ4v) is 1.34. The van der Waals surface area contributed by atoms with Crippen LogP contribution in [0.4, 0.5) is 0 Å². The number of hydrogen-bond acceptors (Lipinski definition) is 4. The average molecular weight is 219 g/mol. The largest absolute Gasteiger partial charge is 0.544 e. The molecule has 0 saturated carbocycles. The molecule has 5 nitrogen and oxygen atoms in total. The van der Waals surface area contributed by atoms with Gasteiger partial charge < -0.3 is 24.2 Å². The van der Waals surface area contributed by atoms with Gasteiger partial charge in [0.2, 0.25) is 0 Å². The number of likely N-dealkylation sites (N-methyl/N-ethyl adjacent to an activating group) is 1. The number of carboxylic acids is 1. The Kier molecular flexibility index (Phi) is 5.79. The van der Waals surface area contributed by atoms with Crippen LogP contribution < -0.4 is 5.11 Å². The van der Waals surface area contributed by atoms with Crippen LogP contribution in [0, 0.1) is 0 Å². The number of ether oxygens (including phenoxy) is 1. The lowest BCUT2D eigenvalue weighted by molar-refractivity contribution is -0.887. The smallest absolute Gasteiger partial charge is 0.126 e. The monoisotopic (exact) mass is 219 g/mol. The maximum atomic E-state index is 10.4. The summed E-state index contributed by atoms with van der Waals surface area (Å²) in [7, 11) is 3.46. The third-order valence-corrected chi connectivity index (χ3v) is 1.88. The quantitative estimate of drug-likeness (QED) is 0.535. The first-order chi connectivity index (χ1) is 6.73. The summed E-state index contributed by atoms with van der Waals surface area (Å²) >= 11 is 0. The van der Waals surface area contributed by atoms with E-state index in [9.17, 15) is 15.0 Å². The lowest BCUT2D eigenvalue weighted by Gasteiger charge is -2.32. The highest BCUT2D eigenvalue weighted by Gasteiger charge is 2.21. The molecule has 0 aliphatic rings. The van der Waals surface area contributed by atoms with Gasteiger partial charge in [-0.25, -0.2) is 0 Å². The number of hydrogen-bond donors (Lipinski definition) is 1. The third kappa shape index (κ3) is 8.35. The number of carboxylic acid groups (broad SMARTS) is 1. The summed E-state index contributed by atoms with van der Waals surface area (Å²) in [5.74, 6) is -1.11. The highest BCUT2D eigenvalue weighted by atomic mass is 16.5. The summed E-state index contributed by atoms with van der Waals surface area (Å²) in [6, 6.07) is 0. The van der Waals surface area contributed by atoms with E-state index in [0.717, 1.165) is 0 Å². The molecule has 0 heterocycles. The molecular formula is C10H21NO4. The van der Waals surface area contributed by atoms with Crippen LogP contribution in [0.3, 0.4) is 0 Å². The van der Waals surface area contributed by atoms with E-state index in [-0.39, 0.29) is 23.7 Å². The van der Waals surface area contributed by atoms with Crippen molar-refractivity contribution < 1.29 is 24.2 Å². The zero-order valence-corrected chi connectivity index (χ0v) is 9.90. The number of aliphatic hydroxyl groups is 1. The first kappa shape index (κ1) is 14.3. The predicted molar refractivity (Wildman–Crippen MR) is 53.9 cm³/mol. The summed E-state index contributed by atoms with van der Waals surface area (Å²) in [6.45, 7) is 4.22. The first-order valence-electron chi connectivity index (χ1n) is 5.04. The van der Waals surface area contributed by atoms with E-state index in [2.05, 4.69) is 0 Å². The summed E-state index contributed by atoms with van der Waals surface area (Å²) in [4.78, 5) is 10.4. The molecule has 0 saturated heterocycles. The standard InChI is InChI=1S/C10H21NO4/c1-8(2)15-7-9(12)5-11(3,4)6-10(13)14/h8-9,12H,5-7H2,1-4H3. The summed E-state index contributed by atoms with van der Waals surface area (Å²) in [6.07, 6.45) is -0.585. The molecule has 90 valence electrons. The van der Waals surface area contributed by atoms with E-state index in [1.807, 2.05) is 13.8 Å². The molecule has 0 aromatic heterocycles. The van der Waals surface area contributed by atoms with E-state index in [1.54, 1.807) is 14.1 Å². The van der Waals surface area contributed by atoms with Crippen LogP contribution in [0.2, 0.25) is 0 Å². The maximum Gasteiger partial charge on any atom is 0.126 e. The van der Waals surface area contributed by atoms with E-state index in [0.29, 0.717) is 6.54 Å². The maximum absolute atomic E-state index is 10.4. The number of quaternary nitrogens is 1. The Morgan fingerprint density at radius 3 is 2.40 bits per heavy atom. The molecule has 1 N–H and O–H groups in total. The van der Waals surface area contributed by atoms with Crippen LogP contribution in [0.5, 0.6) is 0 Å². The van der Waals surface area contributed by atoms with Crippen molar-refractivity contribution in [2.75, 3.05) is 33.8 Å². The number of aliphatic carboxylic acids is 1. The molecule has 0 aromatic rings. The van der Waals surface area contributed by atoms with Gasteiger partial charge in [-0.05, 0) is 13.8 Å². The molecule has 0 aliphatic carbocycles. The van der Waals surface area contributed by atoms with E-state index >= 15 is 0 Å². The molecule has 0 bridgehead atoms. The molecule has 0 spiro atoms. The first-order valence-corrected chi connectivity index (χ1v) is 5.04. The van der Waals surface area contributed by atoms with E-state index in [4.69, 9.17) is 4.74 Å². The minimum atomic E-state index is -1.11. The van der Waals surface area contributed by atoms with Crippen molar-refractivity contribution in [3.05, 3.63) is 0 Å². The van der Waals surface area contributed by atoms with Crippen LogP contribution in [0.1, 0.15) is 13.8 Å². The van der Waals surface area contributed by atoms with Gasteiger partial charge in [-0.1, -0.05) is 0 Å². The molecule has 0 rings (SSSR count). The van der Waals surface area contributed by atoms with Gasteiger partial charge in [0.15, 0.2) is 0 Å². The van der Waals surface area contributed by atoms with Crippen molar-refractivity contribution in [1.82, 2.24) is 0 Å². The van der Waals surface area contributed by atoms with Crippen LogP contribution in [0.15, 0.2) is 0 Å². The Morgan fingerprint density at radius 2 is 2.00 bits per heavy atom. The second-order valence-corrected chi connectivity index (χ2v) is 4.68. The summed E-state index contributed by atoms with van der Waals surface area (Å²) < 4.78 is 5.42. The lowest BCUT2D eigenvalue weighted by atomic mass is 10.3. The Balaban J connectivity index is 3.92. The van der Waals surface area contributed by atoms with Crippen LogP contribution in [0.25, 0.3) is 0 Å². The number of carbonyl (C=O) groups excluding carboxylic acids is 1. The Labute approximate surface area is 90.9 Å². The lowest BCUT2D eigenvalue weighted by Crippen LogP contribution is -2.52. The van der Waals surface area contributed by atoms with Crippen molar-refractivity contribution in [1.29, 1.82) is 0 Å². The number of rotatable bonds is 7. The second kappa shape index (κ2) is 6.05. The highest BCUT2D eigenvalue weighted by molar-refractivity contribution is 5.65. The zero-order chi connectivity index (χ0) is 12.1. The molecule has 5 heteroatoms. The van der Waals surface area contributed by atoms with E-state index in [1.165, 1.54) is 0 Å².